The second kappa shape index (κ2) is 5.99. The molecule has 1 atom stereocenters. The second-order valence-corrected chi connectivity index (χ2v) is 4.79. The maximum absolute atomic E-state index is 13.1. The molecule has 7 heteroatoms. The molecule has 1 aromatic rings. The van der Waals surface area contributed by atoms with Gasteiger partial charge in [-0.25, -0.2) is 4.39 Å². The Hall–Kier alpha value is -1.66. The maximum atomic E-state index is 13.1. The predicted molar refractivity (Wildman–Crippen MR) is 66.6 cm³/mol. The first-order valence-electron chi connectivity index (χ1n) is 5.39. The van der Waals surface area contributed by atoms with Crippen LogP contribution in [0.25, 0.3) is 0 Å². The number of carboxylic acids is 1. The molecule has 0 bridgehead atoms. The molecule has 0 aliphatic heterocycles. The van der Waals surface area contributed by atoms with Crippen molar-refractivity contribution in [2.24, 2.45) is 0 Å². The summed E-state index contributed by atoms with van der Waals surface area (Å²) in [5.41, 5.74) is -1.54. The van der Waals surface area contributed by atoms with Crippen LogP contribution in [0.1, 0.15) is 23.7 Å². The molecule has 0 aliphatic rings. The summed E-state index contributed by atoms with van der Waals surface area (Å²) in [5.74, 6) is -2.54. The molecule has 104 valence electrons. The van der Waals surface area contributed by atoms with Crippen molar-refractivity contribution in [3.8, 4) is 0 Å². The van der Waals surface area contributed by atoms with Crippen molar-refractivity contribution in [1.29, 1.82) is 0 Å². The van der Waals surface area contributed by atoms with Gasteiger partial charge >= 0.3 is 5.97 Å². The maximum Gasteiger partial charge on any atom is 0.306 e. The fourth-order valence-corrected chi connectivity index (χ4v) is 1.52. The van der Waals surface area contributed by atoms with Crippen LogP contribution in [0.4, 0.5) is 4.39 Å². The molecule has 0 heterocycles. The Kier molecular flexibility index (Phi) is 4.85. The van der Waals surface area contributed by atoms with Crippen molar-refractivity contribution in [3.63, 3.8) is 0 Å². The van der Waals surface area contributed by atoms with E-state index < -0.39 is 29.7 Å². The van der Waals surface area contributed by atoms with Gasteiger partial charge < -0.3 is 15.5 Å². The molecule has 0 aromatic heterocycles. The summed E-state index contributed by atoms with van der Waals surface area (Å²) >= 11 is 5.48. The zero-order valence-electron chi connectivity index (χ0n) is 10.1. The van der Waals surface area contributed by atoms with E-state index in [-0.39, 0.29) is 17.1 Å². The SMILES string of the molecule is CC(O)(CNC(=O)c1ccc(Cl)c(F)c1)CC(=O)O. The zero-order valence-corrected chi connectivity index (χ0v) is 10.9. The third kappa shape index (κ3) is 4.84. The van der Waals surface area contributed by atoms with Crippen molar-refractivity contribution in [2.45, 2.75) is 18.9 Å². The van der Waals surface area contributed by atoms with Gasteiger partial charge in [-0.05, 0) is 25.1 Å². The first-order valence-corrected chi connectivity index (χ1v) is 5.76. The number of hydrogen-bond donors (Lipinski definition) is 3. The van der Waals surface area contributed by atoms with Gasteiger partial charge in [-0.1, -0.05) is 11.6 Å². The van der Waals surface area contributed by atoms with Gasteiger partial charge in [0.2, 0.25) is 0 Å². The van der Waals surface area contributed by atoms with Gasteiger partial charge in [-0.2, -0.15) is 0 Å². The summed E-state index contributed by atoms with van der Waals surface area (Å²) in [6, 6.07) is 3.53. The van der Waals surface area contributed by atoms with E-state index >= 15 is 0 Å². The highest BCUT2D eigenvalue weighted by atomic mass is 35.5. The van der Waals surface area contributed by atoms with Crippen molar-refractivity contribution in [1.82, 2.24) is 5.32 Å². The quantitative estimate of drug-likeness (QED) is 0.765. The molecule has 0 aliphatic carbocycles. The van der Waals surface area contributed by atoms with Crippen molar-refractivity contribution in [3.05, 3.63) is 34.6 Å². The fourth-order valence-electron chi connectivity index (χ4n) is 1.40. The van der Waals surface area contributed by atoms with Gasteiger partial charge in [0.05, 0.1) is 17.0 Å². The minimum Gasteiger partial charge on any atom is -0.481 e. The van der Waals surface area contributed by atoms with Crippen LogP contribution in [-0.2, 0) is 4.79 Å². The molecule has 0 fully saturated rings. The number of carbonyl (C=O) groups is 2. The zero-order chi connectivity index (χ0) is 14.6. The normalized spacial score (nSPS) is 13.7. The Bertz CT molecular complexity index is 505. The highest BCUT2D eigenvalue weighted by Crippen LogP contribution is 2.15. The molecule has 1 unspecified atom stereocenters. The van der Waals surface area contributed by atoms with Gasteiger partial charge in [0.1, 0.15) is 5.82 Å². The standard InChI is InChI=1S/C12H13ClFNO4/c1-12(19,5-10(16)17)6-15-11(18)7-2-3-8(13)9(14)4-7/h2-4,19H,5-6H2,1H3,(H,15,18)(H,16,17). The average molecular weight is 290 g/mol. The summed E-state index contributed by atoms with van der Waals surface area (Å²) in [6.07, 6.45) is -0.512. The van der Waals surface area contributed by atoms with Crippen molar-refractivity contribution in [2.75, 3.05) is 6.54 Å². The topological polar surface area (TPSA) is 86.6 Å². The number of benzene rings is 1. The highest BCUT2D eigenvalue weighted by Gasteiger charge is 2.25. The highest BCUT2D eigenvalue weighted by molar-refractivity contribution is 6.30. The largest absolute Gasteiger partial charge is 0.481 e. The first-order chi connectivity index (χ1) is 8.71. The minimum atomic E-state index is -1.58. The van der Waals surface area contributed by atoms with Gasteiger partial charge in [-0.15, -0.1) is 0 Å². The number of hydrogen-bond acceptors (Lipinski definition) is 3. The lowest BCUT2D eigenvalue weighted by Crippen LogP contribution is -2.42. The van der Waals surface area contributed by atoms with Crippen LogP contribution in [0, 0.1) is 5.82 Å². The number of nitrogens with one attached hydrogen (secondary N) is 1. The Morgan fingerprint density at radius 3 is 2.63 bits per heavy atom. The molecule has 1 amide bonds. The number of halogens is 2. The van der Waals surface area contributed by atoms with Crippen molar-refractivity contribution >= 4 is 23.5 Å². The van der Waals surface area contributed by atoms with E-state index in [0.717, 1.165) is 6.07 Å². The molecule has 19 heavy (non-hydrogen) atoms. The molecule has 1 aromatic carbocycles. The van der Waals surface area contributed by atoms with Gasteiger partial charge in [0, 0.05) is 12.1 Å². The van der Waals surface area contributed by atoms with Crippen LogP contribution in [-0.4, -0.2) is 34.2 Å². The molecule has 5 nitrogen and oxygen atoms in total. The fraction of sp³-hybridized carbons (Fsp3) is 0.333. The van der Waals surface area contributed by atoms with Crippen LogP contribution >= 0.6 is 11.6 Å². The Morgan fingerprint density at radius 2 is 2.11 bits per heavy atom. The summed E-state index contributed by atoms with van der Waals surface area (Å²) in [4.78, 5) is 22.1. The van der Waals surface area contributed by atoms with Crippen LogP contribution in [0.15, 0.2) is 18.2 Å². The summed E-state index contributed by atoms with van der Waals surface area (Å²) < 4.78 is 13.1. The lowest BCUT2D eigenvalue weighted by Gasteiger charge is -2.21. The van der Waals surface area contributed by atoms with Crippen LogP contribution < -0.4 is 5.32 Å². The monoisotopic (exact) mass is 289 g/mol. The Balaban J connectivity index is 2.65. The van der Waals surface area contributed by atoms with E-state index in [1.165, 1.54) is 19.1 Å². The van der Waals surface area contributed by atoms with Crippen molar-refractivity contribution < 1.29 is 24.2 Å². The molecular weight excluding hydrogens is 277 g/mol. The van der Waals surface area contributed by atoms with E-state index in [0.29, 0.717) is 0 Å². The van der Waals surface area contributed by atoms with Crippen LogP contribution in [0.5, 0.6) is 0 Å². The average Bonchev–Trinajstić information content (AvgIpc) is 2.28. The third-order valence-electron chi connectivity index (χ3n) is 2.34. The van der Waals surface area contributed by atoms with Crippen LogP contribution in [0.2, 0.25) is 5.02 Å². The minimum absolute atomic E-state index is 0.0352. The Labute approximate surface area is 114 Å². The third-order valence-corrected chi connectivity index (χ3v) is 2.65. The molecule has 0 spiro atoms. The van der Waals surface area contributed by atoms with Gasteiger partial charge in [0.25, 0.3) is 5.91 Å². The van der Waals surface area contributed by atoms with E-state index in [1.807, 2.05) is 0 Å². The lowest BCUT2D eigenvalue weighted by molar-refractivity contribution is -0.141. The molecule has 3 N–H and O–H groups in total. The molecule has 0 radical (unpaired) electrons. The molecule has 0 saturated carbocycles. The number of aliphatic carboxylic acids is 1. The smallest absolute Gasteiger partial charge is 0.306 e. The predicted octanol–water partition coefficient (Wildman–Crippen LogP) is 1.43. The number of rotatable bonds is 5. The summed E-state index contributed by atoms with van der Waals surface area (Å²) in [7, 11) is 0. The Morgan fingerprint density at radius 1 is 1.47 bits per heavy atom. The first kappa shape index (κ1) is 15.4. The van der Waals surface area contributed by atoms with E-state index in [4.69, 9.17) is 16.7 Å². The van der Waals surface area contributed by atoms with Crippen LogP contribution in [0.3, 0.4) is 0 Å². The number of amides is 1. The van der Waals surface area contributed by atoms with E-state index in [9.17, 15) is 19.1 Å². The molecular formula is C12H13ClFNO4. The number of carbonyl (C=O) groups excluding carboxylic acids is 1. The van der Waals surface area contributed by atoms with E-state index in [1.54, 1.807) is 0 Å². The van der Waals surface area contributed by atoms with Gasteiger partial charge in [0.15, 0.2) is 0 Å². The summed E-state index contributed by atoms with van der Waals surface area (Å²) in [5, 5.41) is 20.5. The molecule has 0 saturated heterocycles. The van der Waals surface area contributed by atoms with E-state index in [2.05, 4.69) is 5.32 Å². The molecule has 1 rings (SSSR count). The second-order valence-electron chi connectivity index (χ2n) is 4.38. The van der Waals surface area contributed by atoms with Gasteiger partial charge in [-0.3, -0.25) is 9.59 Å². The lowest BCUT2D eigenvalue weighted by atomic mass is 10.0. The number of carboxylic acid groups (broad SMARTS) is 1. The summed E-state index contributed by atoms with van der Waals surface area (Å²) in [6.45, 7) is 1.02. The number of aliphatic hydroxyl groups is 1.